The zero-order valence-corrected chi connectivity index (χ0v) is 31.3. The van der Waals surface area contributed by atoms with E-state index in [1.165, 1.54) is 52.5 Å². The molecule has 4 aromatic carbocycles. The van der Waals surface area contributed by atoms with Gasteiger partial charge in [0.25, 0.3) is 5.56 Å². The van der Waals surface area contributed by atoms with Crippen molar-refractivity contribution in [2.75, 3.05) is 19.0 Å². The van der Waals surface area contributed by atoms with Crippen LogP contribution < -0.4 is 16.1 Å². The normalized spacial score (nSPS) is 19.1. The Morgan fingerprint density at radius 2 is 1.40 bits per heavy atom. The summed E-state index contributed by atoms with van der Waals surface area (Å²) in [6.45, 7) is 13.7. The molecule has 2 aliphatic heterocycles. The molecule has 7 nitrogen and oxygen atoms in total. The lowest BCUT2D eigenvalue weighted by Gasteiger charge is -2.24. The average Bonchev–Trinajstić information content (AvgIpc) is 3.70. The van der Waals surface area contributed by atoms with Gasteiger partial charge in [0.05, 0.1) is 5.41 Å². The number of nitrogens with zero attached hydrogens (tertiary/aromatic N) is 4. The van der Waals surface area contributed by atoms with E-state index in [0.29, 0.717) is 18.4 Å². The van der Waals surface area contributed by atoms with Crippen molar-refractivity contribution in [3.63, 3.8) is 0 Å². The van der Waals surface area contributed by atoms with Gasteiger partial charge in [-0.3, -0.25) is 13.9 Å². The van der Waals surface area contributed by atoms with E-state index in [4.69, 9.17) is 6.58 Å². The van der Waals surface area contributed by atoms with Crippen LogP contribution in [0.3, 0.4) is 0 Å². The molecule has 0 saturated heterocycles. The van der Waals surface area contributed by atoms with Crippen molar-refractivity contribution in [3.05, 3.63) is 151 Å². The second-order valence-electron chi connectivity index (χ2n) is 15.6. The van der Waals surface area contributed by atoms with Crippen LogP contribution in [0.1, 0.15) is 57.2 Å². The monoisotopic (exact) mass is 689 g/mol. The number of aromatic nitrogens is 2. The summed E-state index contributed by atoms with van der Waals surface area (Å²) in [4.78, 5) is 29.2. The van der Waals surface area contributed by atoms with Crippen molar-refractivity contribution in [2.45, 2.75) is 51.4 Å². The van der Waals surface area contributed by atoms with Crippen LogP contribution in [-0.4, -0.2) is 38.6 Å². The molecular formula is C45H45N4O3+. The quantitative estimate of drug-likeness (QED) is 0.194. The average molecular weight is 690 g/mol. The van der Waals surface area contributed by atoms with Crippen molar-refractivity contribution >= 4 is 44.2 Å². The Balaban J connectivity index is 1.33. The Morgan fingerprint density at radius 1 is 0.788 bits per heavy atom. The molecule has 0 fully saturated rings. The van der Waals surface area contributed by atoms with Crippen LogP contribution in [0, 0.1) is 0 Å². The van der Waals surface area contributed by atoms with Gasteiger partial charge in [-0.05, 0) is 88.7 Å². The van der Waals surface area contributed by atoms with E-state index in [1.54, 1.807) is 0 Å². The third-order valence-corrected chi connectivity index (χ3v) is 12.0. The van der Waals surface area contributed by atoms with E-state index in [1.807, 2.05) is 0 Å². The number of aromatic hydroxyl groups is 1. The molecular weight excluding hydrogens is 645 g/mol. The minimum Gasteiger partial charge on any atom is -0.494 e. The van der Waals surface area contributed by atoms with E-state index in [-0.39, 0.29) is 16.9 Å². The summed E-state index contributed by atoms with van der Waals surface area (Å²) >= 11 is 0. The molecule has 3 heterocycles. The van der Waals surface area contributed by atoms with Crippen LogP contribution in [0.4, 0.5) is 11.4 Å². The number of rotatable bonds is 4. The van der Waals surface area contributed by atoms with Gasteiger partial charge in [-0.1, -0.05) is 81.1 Å². The summed E-state index contributed by atoms with van der Waals surface area (Å²) in [6.07, 6.45) is 5.55. The lowest BCUT2D eigenvalue weighted by Crippen LogP contribution is -2.38. The Bertz CT molecular complexity index is 2690. The summed E-state index contributed by atoms with van der Waals surface area (Å²) in [5.74, 6) is -0.343. The highest BCUT2D eigenvalue weighted by Gasteiger charge is 2.48. The molecule has 0 radical (unpaired) electrons. The second-order valence-corrected chi connectivity index (χ2v) is 15.6. The maximum Gasteiger partial charge on any atom is 0.333 e. The number of benzene rings is 4. The minimum atomic E-state index is -0.578. The highest BCUT2D eigenvalue weighted by molar-refractivity contribution is 6.14. The van der Waals surface area contributed by atoms with Gasteiger partial charge < -0.3 is 10.0 Å². The number of fused-ring (bicyclic) bond motifs is 6. The van der Waals surface area contributed by atoms with E-state index < -0.39 is 16.7 Å². The Morgan fingerprint density at radius 3 is 2.08 bits per heavy atom. The minimum absolute atomic E-state index is 0.123. The maximum absolute atomic E-state index is 14.0. The maximum atomic E-state index is 14.0. The second kappa shape index (κ2) is 11.4. The van der Waals surface area contributed by atoms with Crippen LogP contribution >= 0.6 is 0 Å². The predicted molar refractivity (Wildman–Crippen MR) is 213 cm³/mol. The zero-order valence-electron chi connectivity index (χ0n) is 31.3. The number of hydrogen-bond acceptors (Lipinski definition) is 4. The molecule has 1 N–H and O–H groups in total. The van der Waals surface area contributed by atoms with Gasteiger partial charge in [0.2, 0.25) is 11.6 Å². The van der Waals surface area contributed by atoms with Crippen molar-refractivity contribution in [1.29, 1.82) is 0 Å². The molecule has 0 saturated carbocycles. The first-order chi connectivity index (χ1) is 24.7. The first-order valence-electron chi connectivity index (χ1n) is 17.9. The van der Waals surface area contributed by atoms with Gasteiger partial charge in [-0.2, -0.15) is 4.58 Å². The molecule has 1 aromatic heterocycles. The molecule has 8 rings (SSSR count). The van der Waals surface area contributed by atoms with Crippen molar-refractivity contribution in [1.82, 2.24) is 9.13 Å². The smallest absolute Gasteiger partial charge is 0.333 e. The van der Waals surface area contributed by atoms with Crippen molar-refractivity contribution < 1.29 is 9.68 Å². The summed E-state index contributed by atoms with van der Waals surface area (Å²) < 4.78 is 4.46. The predicted octanol–water partition coefficient (Wildman–Crippen LogP) is 8.14. The molecule has 52 heavy (non-hydrogen) atoms. The number of hydrogen-bond donors (Lipinski definition) is 1. The molecule has 5 aromatic rings. The van der Waals surface area contributed by atoms with Crippen molar-refractivity contribution in [2.24, 2.45) is 14.1 Å². The Hall–Kier alpha value is -5.69. The Labute approximate surface area is 304 Å². The summed E-state index contributed by atoms with van der Waals surface area (Å²) in [7, 11) is 7.15. The van der Waals surface area contributed by atoms with Crippen LogP contribution in [0.5, 0.6) is 5.88 Å². The largest absolute Gasteiger partial charge is 0.494 e. The highest BCUT2D eigenvalue weighted by Crippen LogP contribution is 2.52. The third-order valence-electron chi connectivity index (χ3n) is 12.0. The topological polar surface area (TPSA) is 70.5 Å². The molecule has 3 aliphatic rings. The molecule has 0 bridgehead atoms. The van der Waals surface area contributed by atoms with Crippen LogP contribution in [-0.2, 0) is 24.9 Å². The van der Waals surface area contributed by atoms with Gasteiger partial charge >= 0.3 is 5.69 Å². The summed E-state index contributed by atoms with van der Waals surface area (Å²) in [5.41, 5.74) is 8.60. The lowest BCUT2D eigenvalue weighted by atomic mass is 9.75. The first kappa shape index (κ1) is 33.5. The van der Waals surface area contributed by atoms with E-state index >= 15 is 0 Å². The van der Waals surface area contributed by atoms with Gasteiger partial charge in [0.1, 0.15) is 12.6 Å². The van der Waals surface area contributed by atoms with Gasteiger partial charge in [0.15, 0.2) is 5.71 Å². The van der Waals surface area contributed by atoms with E-state index in [0.717, 1.165) is 42.9 Å². The fourth-order valence-electron chi connectivity index (χ4n) is 9.49. The lowest BCUT2D eigenvalue weighted by molar-refractivity contribution is -0.401. The number of likely N-dealkylation sites (N-methyl/N-ethyl adjacent to an activating group) is 1. The zero-order chi connectivity index (χ0) is 37.0. The first-order valence-corrected chi connectivity index (χ1v) is 17.9. The van der Waals surface area contributed by atoms with E-state index in [2.05, 4.69) is 136 Å². The van der Waals surface area contributed by atoms with Gasteiger partial charge in [0, 0.05) is 55.1 Å². The highest BCUT2D eigenvalue weighted by atomic mass is 16.3. The standard InChI is InChI=1S/C45H44N4O3/c1-26(40-45(4,5)39-32-17-13-11-15-28(32)20-24-34(39)47(40)7)30-22-18-29(36(30)37-41(50)48(8)43(52)49(9)42(37)51)21-25-35-44(2,3)38-31-16-12-10-14-27(31)19-23-33(38)46(35)6/h10-17,19-21,23-25H,1,18,22H2,2-9H3/p+1/b29-21+,35-25+. The SMILES string of the molecule is C=C(C1=C(c2c(O)n(C)c(=O)n(C)c2=O)/C(=C/C=C2/N(C)c3ccc4ccccc4c3C2(C)C)CC1)C1=[N+](C)c2ccc3ccccc3c2C1(C)C. The van der Waals surface area contributed by atoms with Gasteiger partial charge in [-0.15, -0.1) is 0 Å². The molecule has 262 valence electrons. The fourth-order valence-corrected chi connectivity index (χ4v) is 9.49. The molecule has 0 spiro atoms. The molecule has 0 atom stereocenters. The van der Waals surface area contributed by atoms with Crippen molar-refractivity contribution in [3.8, 4) is 5.88 Å². The third kappa shape index (κ3) is 4.47. The van der Waals surface area contributed by atoms with E-state index in [9.17, 15) is 14.7 Å². The molecule has 1 aliphatic carbocycles. The molecule has 0 unspecified atom stereocenters. The molecule has 7 heteroatoms. The summed E-state index contributed by atoms with van der Waals surface area (Å²) in [6, 6.07) is 25.7. The van der Waals surface area contributed by atoms with Gasteiger partial charge in [-0.25, -0.2) is 4.79 Å². The van der Waals surface area contributed by atoms with Crippen LogP contribution in [0.2, 0.25) is 0 Å². The Kier molecular flexibility index (Phi) is 7.34. The summed E-state index contributed by atoms with van der Waals surface area (Å²) in [5, 5.41) is 16.4. The fraction of sp³-hybridized carbons (Fsp3) is 0.267. The number of anilines is 1. The molecule has 0 amide bonds. The van der Waals surface area contributed by atoms with Crippen LogP contribution in [0.25, 0.3) is 27.1 Å². The number of allylic oxidation sites excluding steroid dienone is 7. The van der Waals surface area contributed by atoms with Crippen LogP contribution in [0.15, 0.2) is 124 Å².